The maximum atomic E-state index is 12.8. The number of fused-ring (bicyclic) bond motifs is 2. The normalized spacial score (nSPS) is 16.7. The van der Waals surface area contributed by atoms with Crippen LogP contribution in [0.5, 0.6) is 11.5 Å². The molecule has 2 aliphatic rings. The summed E-state index contributed by atoms with van der Waals surface area (Å²) >= 11 is 0.762. The number of nitrogens with one attached hydrogen (secondary N) is 1. The number of carbonyl (C=O) groups is 1. The topological polar surface area (TPSA) is 126 Å². The SMILES string of the molecule is COc1cccc(OCCCn2cc(/C=C3\C(=N)N4N=C(S(C)(=O)=O)SC4=NC3=O)c3ccccc32)c1. The Hall–Kier alpha value is -3.90. The molecular weight excluding hydrogens is 514 g/mol. The van der Waals surface area contributed by atoms with Gasteiger partial charge in [0.1, 0.15) is 11.5 Å². The van der Waals surface area contributed by atoms with E-state index in [0.29, 0.717) is 13.2 Å². The number of hydrogen-bond acceptors (Lipinski definition) is 8. The Labute approximate surface area is 217 Å². The summed E-state index contributed by atoms with van der Waals surface area (Å²) in [5.74, 6) is 0.636. The maximum Gasteiger partial charge on any atom is 0.283 e. The molecule has 5 rings (SSSR count). The van der Waals surface area contributed by atoms with Gasteiger partial charge in [-0.15, -0.1) is 5.10 Å². The Morgan fingerprint density at radius 3 is 2.70 bits per heavy atom. The lowest BCUT2D eigenvalue weighted by Gasteiger charge is -2.19. The van der Waals surface area contributed by atoms with Crippen LogP contribution in [0.15, 0.2) is 70.4 Å². The van der Waals surface area contributed by atoms with Gasteiger partial charge in [-0.2, -0.15) is 10.0 Å². The Bertz CT molecular complexity index is 1620. The van der Waals surface area contributed by atoms with E-state index in [1.54, 1.807) is 13.2 Å². The number of hydrogen-bond donors (Lipinski definition) is 1. The number of carbonyl (C=O) groups excluding carboxylic acids is 1. The average Bonchev–Trinajstić information content (AvgIpc) is 3.47. The standard InChI is InChI=1S/C25H23N5O5S2/c1-34-17-7-5-8-18(14-17)35-12-6-11-29-15-16(19-9-3-4-10-21(19)29)13-20-22(26)30-24(27-23(20)31)36-25(28-30)37(2,32)33/h3-5,7-10,13-15,26H,6,11-12H2,1-2H3/b20-13+,26-22?. The van der Waals surface area contributed by atoms with Crippen molar-refractivity contribution in [3.8, 4) is 11.5 Å². The highest BCUT2D eigenvalue weighted by atomic mass is 32.3. The third-order valence-electron chi connectivity index (χ3n) is 5.73. The molecule has 1 N–H and O–H groups in total. The molecule has 0 unspecified atom stereocenters. The van der Waals surface area contributed by atoms with Crippen LogP contribution in [0, 0.1) is 5.41 Å². The molecule has 0 saturated carbocycles. The zero-order valence-corrected chi connectivity index (χ0v) is 21.7. The van der Waals surface area contributed by atoms with Crippen LogP contribution in [0.25, 0.3) is 17.0 Å². The van der Waals surface area contributed by atoms with Crippen LogP contribution in [0.1, 0.15) is 12.0 Å². The summed E-state index contributed by atoms with van der Waals surface area (Å²) in [4.78, 5) is 16.7. The van der Waals surface area contributed by atoms with E-state index in [1.165, 1.54) is 0 Å². The fourth-order valence-electron chi connectivity index (χ4n) is 3.97. The van der Waals surface area contributed by atoms with Crippen LogP contribution in [0.4, 0.5) is 0 Å². The Balaban J connectivity index is 1.37. The van der Waals surface area contributed by atoms with E-state index in [9.17, 15) is 13.2 Å². The van der Waals surface area contributed by atoms with Crippen molar-refractivity contribution in [2.75, 3.05) is 20.0 Å². The van der Waals surface area contributed by atoms with Gasteiger partial charge in [0.25, 0.3) is 5.91 Å². The molecule has 2 aromatic carbocycles. The fourth-order valence-corrected chi connectivity index (χ4v) is 5.66. The molecule has 0 radical (unpaired) electrons. The van der Waals surface area contributed by atoms with Crippen LogP contribution in [-0.4, -0.2) is 59.3 Å². The number of thioether (sulfide) groups is 1. The van der Waals surface area contributed by atoms with Gasteiger partial charge in [-0.25, -0.2) is 8.42 Å². The molecule has 0 bridgehead atoms. The van der Waals surface area contributed by atoms with Crippen LogP contribution < -0.4 is 9.47 Å². The molecule has 37 heavy (non-hydrogen) atoms. The van der Waals surface area contributed by atoms with Gasteiger partial charge >= 0.3 is 0 Å². The van der Waals surface area contributed by atoms with Crippen molar-refractivity contribution in [2.24, 2.45) is 10.1 Å². The zero-order chi connectivity index (χ0) is 26.2. The second-order valence-corrected chi connectivity index (χ2v) is 11.5. The van der Waals surface area contributed by atoms with Crippen molar-refractivity contribution < 1.29 is 22.7 Å². The van der Waals surface area contributed by atoms with Crippen molar-refractivity contribution in [2.45, 2.75) is 13.0 Å². The first-order valence-corrected chi connectivity index (χ1v) is 14.0. The van der Waals surface area contributed by atoms with Gasteiger partial charge in [0, 0.05) is 41.5 Å². The van der Waals surface area contributed by atoms with E-state index in [2.05, 4.69) is 14.7 Å². The van der Waals surface area contributed by atoms with Gasteiger partial charge in [0.05, 0.1) is 19.3 Å². The molecule has 0 fully saturated rings. The molecule has 3 aromatic rings. The first-order valence-electron chi connectivity index (χ1n) is 11.3. The Morgan fingerprint density at radius 2 is 1.92 bits per heavy atom. The molecule has 0 saturated heterocycles. The highest BCUT2D eigenvalue weighted by Crippen LogP contribution is 2.31. The van der Waals surface area contributed by atoms with E-state index in [0.717, 1.165) is 57.4 Å². The van der Waals surface area contributed by atoms with Gasteiger partial charge in [-0.3, -0.25) is 10.2 Å². The second-order valence-electron chi connectivity index (χ2n) is 8.33. The number of hydrazone groups is 1. The number of amides is 1. The van der Waals surface area contributed by atoms with Gasteiger partial charge in [0.2, 0.25) is 19.4 Å². The number of methoxy groups -OCH3 is 1. The molecule has 10 nitrogen and oxygen atoms in total. The third-order valence-corrected chi connectivity index (χ3v) is 8.30. The smallest absolute Gasteiger partial charge is 0.283 e. The molecule has 12 heteroatoms. The lowest BCUT2D eigenvalue weighted by molar-refractivity contribution is -0.114. The number of aryl methyl sites for hydroxylation is 1. The third kappa shape index (κ3) is 5.02. The van der Waals surface area contributed by atoms with Crippen LogP contribution in [0.2, 0.25) is 0 Å². The Morgan fingerprint density at radius 1 is 1.14 bits per heavy atom. The highest BCUT2D eigenvalue weighted by Gasteiger charge is 2.38. The number of para-hydroxylation sites is 1. The molecule has 1 amide bonds. The van der Waals surface area contributed by atoms with Gasteiger partial charge in [-0.05, 0) is 42.5 Å². The first kappa shape index (κ1) is 24.8. The van der Waals surface area contributed by atoms with Crippen LogP contribution in [-0.2, 0) is 21.2 Å². The number of amidine groups is 2. The quantitative estimate of drug-likeness (QED) is 0.359. The summed E-state index contributed by atoms with van der Waals surface area (Å²) < 4.78 is 36.7. The molecule has 3 heterocycles. The summed E-state index contributed by atoms with van der Waals surface area (Å²) in [6, 6.07) is 15.2. The number of benzene rings is 2. The fraction of sp³-hybridized carbons (Fsp3) is 0.200. The van der Waals surface area contributed by atoms with Crippen molar-refractivity contribution in [1.29, 1.82) is 5.41 Å². The van der Waals surface area contributed by atoms with E-state index >= 15 is 0 Å². The second kappa shape index (κ2) is 9.87. The molecule has 1 aromatic heterocycles. The maximum absolute atomic E-state index is 12.8. The highest BCUT2D eigenvalue weighted by molar-refractivity contribution is 8.42. The molecule has 2 aliphatic heterocycles. The van der Waals surface area contributed by atoms with Crippen molar-refractivity contribution in [1.82, 2.24) is 9.58 Å². The van der Waals surface area contributed by atoms with Crippen molar-refractivity contribution >= 4 is 59.9 Å². The summed E-state index contributed by atoms with van der Waals surface area (Å²) in [6.45, 7) is 1.18. The summed E-state index contributed by atoms with van der Waals surface area (Å²) in [7, 11) is -1.98. The first-order chi connectivity index (χ1) is 17.7. The Kier molecular flexibility index (Phi) is 6.61. The number of rotatable bonds is 7. The van der Waals surface area contributed by atoms with E-state index in [4.69, 9.17) is 14.9 Å². The number of nitrogens with zero attached hydrogens (tertiary/aromatic N) is 4. The van der Waals surface area contributed by atoms with Crippen molar-refractivity contribution in [3.63, 3.8) is 0 Å². The predicted octanol–water partition coefficient (Wildman–Crippen LogP) is 3.74. The molecule has 0 atom stereocenters. The zero-order valence-electron chi connectivity index (χ0n) is 20.0. The molecule has 0 aliphatic carbocycles. The summed E-state index contributed by atoms with van der Waals surface area (Å²) in [5, 5.41) is 14.6. The monoisotopic (exact) mass is 537 g/mol. The van der Waals surface area contributed by atoms with E-state index in [1.807, 2.05) is 54.7 Å². The lowest BCUT2D eigenvalue weighted by Crippen LogP contribution is -2.35. The predicted molar refractivity (Wildman–Crippen MR) is 145 cm³/mol. The molecule has 0 spiro atoms. The van der Waals surface area contributed by atoms with Crippen molar-refractivity contribution in [3.05, 3.63) is 65.9 Å². The van der Waals surface area contributed by atoms with Crippen LogP contribution in [0.3, 0.4) is 0 Å². The molecular formula is C25H23N5O5S2. The van der Waals surface area contributed by atoms with E-state index in [-0.39, 0.29) is 21.0 Å². The number of aliphatic imine (C=N–C) groups is 1. The minimum atomic E-state index is -3.59. The molecule has 190 valence electrons. The summed E-state index contributed by atoms with van der Waals surface area (Å²) in [6.07, 6.45) is 5.29. The largest absolute Gasteiger partial charge is 0.497 e. The summed E-state index contributed by atoms with van der Waals surface area (Å²) in [5.41, 5.74) is 1.76. The lowest BCUT2D eigenvalue weighted by atomic mass is 10.1. The van der Waals surface area contributed by atoms with Gasteiger partial charge < -0.3 is 14.0 Å². The minimum absolute atomic E-state index is 0.0344. The number of ether oxygens (including phenoxy) is 2. The number of aromatic nitrogens is 1. The van der Waals surface area contributed by atoms with Crippen LogP contribution >= 0.6 is 11.8 Å². The van der Waals surface area contributed by atoms with Gasteiger partial charge in [-0.1, -0.05) is 24.3 Å². The van der Waals surface area contributed by atoms with Gasteiger partial charge in [0.15, 0.2) is 5.84 Å². The average molecular weight is 538 g/mol. The van der Waals surface area contributed by atoms with E-state index < -0.39 is 15.7 Å². The number of sulfone groups is 1. The minimum Gasteiger partial charge on any atom is -0.497 e.